The molecule has 0 aliphatic carbocycles. The van der Waals surface area contributed by atoms with Gasteiger partial charge in [-0.25, -0.2) is 0 Å². The molecule has 1 rings (SSSR count). The average Bonchev–Trinajstić information content (AvgIpc) is 1.88. The standard InChI is InChI=1S/C8H7BrO.CH4/c1-6(10)7-2-4-8(9)5-3-7;/h2-5H,1H3;1H4. The maximum absolute atomic E-state index is 10.7. The van der Waals surface area contributed by atoms with Crippen molar-refractivity contribution in [3.63, 3.8) is 0 Å². The summed E-state index contributed by atoms with van der Waals surface area (Å²) in [4.78, 5) is 10.7. The third-order valence-corrected chi connectivity index (χ3v) is 1.78. The van der Waals surface area contributed by atoms with Crippen molar-refractivity contribution in [2.24, 2.45) is 0 Å². The number of hydrogen-bond acceptors (Lipinski definition) is 1. The molecule has 0 unspecified atom stereocenters. The number of rotatable bonds is 1. The molecule has 0 radical (unpaired) electrons. The van der Waals surface area contributed by atoms with Gasteiger partial charge in [-0.15, -0.1) is 0 Å². The first kappa shape index (κ1) is 10.4. The Morgan fingerprint density at radius 2 is 1.73 bits per heavy atom. The van der Waals surface area contributed by atoms with Gasteiger partial charge in [0.25, 0.3) is 0 Å². The highest BCUT2D eigenvalue weighted by Crippen LogP contribution is 2.10. The molecular formula is C9H11BrO. The van der Waals surface area contributed by atoms with E-state index in [1.165, 1.54) is 0 Å². The highest BCUT2D eigenvalue weighted by Gasteiger charge is 1.95. The topological polar surface area (TPSA) is 17.1 Å². The summed E-state index contributed by atoms with van der Waals surface area (Å²) >= 11 is 3.28. The quantitative estimate of drug-likeness (QED) is 0.657. The van der Waals surface area contributed by atoms with E-state index in [-0.39, 0.29) is 13.2 Å². The van der Waals surface area contributed by atoms with Gasteiger partial charge in [-0.05, 0) is 19.1 Å². The molecule has 0 saturated heterocycles. The van der Waals surface area contributed by atoms with Crippen LogP contribution in [0.3, 0.4) is 0 Å². The van der Waals surface area contributed by atoms with E-state index in [4.69, 9.17) is 0 Å². The van der Waals surface area contributed by atoms with Gasteiger partial charge in [0, 0.05) is 10.0 Å². The van der Waals surface area contributed by atoms with Crippen molar-refractivity contribution < 1.29 is 4.79 Å². The smallest absolute Gasteiger partial charge is 0.159 e. The number of carbonyl (C=O) groups is 1. The monoisotopic (exact) mass is 214 g/mol. The third-order valence-electron chi connectivity index (χ3n) is 1.25. The third kappa shape index (κ3) is 2.85. The molecule has 0 atom stereocenters. The van der Waals surface area contributed by atoms with Gasteiger partial charge in [-0.2, -0.15) is 0 Å². The van der Waals surface area contributed by atoms with E-state index in [0.29, 0.717) is 0 Å². The van der Waals surface area contributed by atoms with Crippen molar-refractivity contribution in [1.82, 2.24) is 0 Å². The summed E-state index contributed by atoms with van der Waals surface area (Å²) in [5.74, 6) is 0.104. The summed E-state index contributed by atoms with van der Waals surface area (Å²) in [6, 6.07) is 7.31. The zero-order chi connectivity index (χ0) is 7.56. The van der Waals surface area contributed by atoms with E-state index < -0.39 is 0 Å². The second-order valence-electron chi connectivity index (χ2n) is 2.06. The fourth-order valence-corrected chi connectivity index (χ4v) is 0.949. The zero-order valence-electron chi connectivity index (χ0n) is 5.60. The van der Waals surface area contributed by atoms with Gasteiger partial charge in [-0.1, -0.05) is 35.5 Å². The molecule has 0 fully saturated rings. The second kappa shape index (κ2) is 4.29. The van der Waals surface area contributed by atoms with Gasteiger partial charge >= 0.3 is 0 Å². The predicted octanol–water partition coefficient (Wildman–Crippen LogP) is 3.29. The van der Waals surface area contributed by atoms with Crippen LogP contribution in [0.25, 0.3) is 0 Å². The van der Waals surface area contributed by atoms with Crippen LogP contribution in [0.15, 0.2) is 28.7 Å². The van der Waals surface area contributed by atoms with E-state index in [0.717, 1.165) is 10.0 Å². The summed E-state index contributed by atoms with van der Waals surface area (Å²) < 4.78 is 0.998. The molecule has 0 heterocycles. The highest BCUT2D eigenvalue weighted by molar-refractivity contribution is 9.10. The lowest BCUT2D eigenvalue weighted by molar-refractivity contribution is 0.101. The lowest BCUT2D eigenvalue weighted by Crippen LogP contribution is -1.89. The molecule has 0 spiro atoms. The molecular weight excluding hydrogens is 204 g/mol. The maximum Gasteiger partial charge on any atom is 0.159 e. The van der Waals surface area contributed by atoms with Crippen LogP contribution in [-0.2, 0) is 0 Å². The molecule has 0 N–H and O–H groups in total. The van der Waals surface area contributed by atoms with Crippen molar-refractivity contribution in [2.75, 3.05) is 0 Å². The van der Waals surface area contributed by atoms with E-state index >= 15 is 0 Å². The number of hydrogen-bond donors (Lipinski definition) is 0. The van der Waals surface area contributed by atoms with Crippen LogP contribution in [0.1, 0.15) is 24.7 Å². The van der Waals surface area contributed by atoms with Gasteiger partial charge in [0.05, 0.1) is 0 Å². The highest BCUT2D eigenvalue weighted by atomic mass is 79.9. The van der Waals surface area contributed by atoms with Crippen molar-refractivity contribution in [1.29, 1.82) is 0 Å². The number of carbonyl (C=O) groups excluding carboxylic acids is 1. The molecule has 0 amide bonds. The average molecular weight is 215 g/mol. The number of Topliss-reactive ketones (excluding diaryl/α,β-unsaturated/α-hetero) is 1. The normalized spacial score (nSPS) is 8.55. The zero-order valence-corrected chi connectivity index (χ0v) is 7.18. The van der Waals surface area contributed by atoms with Crippen LogP contribution in [0.5, 0.6) is 0 Å². The molecule has 0 aromatic heterocycles. The Morgan fingerprint density at radius 3 is 2.09 bits per heavy atom. The summed E-state index contributed by atoms with van der Waals surface area (Å²) in [5.41, 5.74) is 0.753. The van der Waals surface area contributed by atoms with Crippen LogP contribution in [0.2, 0.25) is 0 Å². The van der Waals surface area contributed by atoms with Gasteiger partial charge < -0.3 is 0 Å². The molecule has 0 saturated carbocycles. The van der Waals surface area contributed by atoms with E-state index in [2.05, 4.69) is 15.9 Å². The summed E-state index contributed by atoms with van der Waals surface area (Å²) in [7, 11) is 0. The first-order valence-electron chi connectivity index (χ1n) is 2.96. The first-order chi connectivity index (χ1) is 4.70. The Bertz CT molecular complexity index is 238. The fraction of sp³-hybridized carbons (Fsp3) is 0.222. The van der Waals surface area contributed by atoms with Crippen molar-refractivity contribution in [3.05, 3.63) is 34.3 Å². The summed E-state index contributed by atoms with van der Waals surface area (Å²) in [6.07, 6.45) is 0. The van der Waals surface area contributed by atoms with Crippen LogP contribution in [-0.4, -0.2) is 5.78 Å². The molecule has 1 nitrogen and oxygen atoms in total. The van der Waals surface area contributed by atoms with Crippen LogP contribution in [0, 0.1) is 0 Å². The van der Waals surface area contributed by atoms with Crippen molar-refractivity contribution in [3.8, 4) is 0 Å². The van der Waals surface area contributed by atoms with Crippen LogP contribution < -0.4 is 0 Å². The molecule has 0 aliphatic heterocycles. The molecule has 60 valence electrons. The predicted molar refractivity (Wildman–Crippen MR) is 50.9 cm³/mol. The molecule has 1 aromatic carbocycles. The minimum absolute atomic E-state index is 0. The number of ketones is 1. The maximum atomic E-state index is 10.7. The summed E-state index contributed by atoms with van der Waals surface area (Å²) in [6.45, 7) is 1.56. The lowest BCUT2D eigenvalue weighted by Gasteiger charge is -1.92. The Labute approximate surface area is 75.6 Å². The molecule has 0 bridgehead atoms. The minimum atomic E-state index is 0. The Morgan fingerprint density at radius 1 is 1.27 bits per heavy atom. The molecule has 1 aromatic rings. The minimum Gasteiger partial charge on any atom is -0.295 e. The van der Waals surface area contributed by atoms with Gasteiger partial charge in [0.2, 0.25) is 0 Å². The Kier molecular flexibility index (Phi) is 4.04. The number of benzene rings is 1. The van der Waals surface area contributed by atoms with Crippen LogP contribution in [0.4, 0.5) is 0 Å². The first-order valence-corrected chi connectivity index (χ1v) is 3.76. The van der Waals surface area contributed by atoms with E-state index in [1.807, 2.05) is 12.1 Å². The second-order valence-corrected chi connectivity index (χ2v) is 2.98. The summed E-state index contributed by atoms with van der Waals surface area (Å²) in [5, 5.41) is 0. The fourth-order valence-electron chi connectivity index (χ4n) is 0.685. The van der Waals surface area contributed by atoms with E-state index in [1.54, 1.807) is 19.1 Å². The molecule has 2 heteroatoms. The van der Waals surface area contributed by atoms with Gasteiger partial charge in [0.15, 0.2) is 5.78 Å². The van der Waals surface area contributed by atoms with Gasteiger partial charge in [0.1, 0.15) is 0 Å². The van der Waals surface area contributed by atoms with Crippen molar-refractivity contribution in [2.45, 2.75) is 14.4 Å². The van der Waals surface area contributed by atoms with Crippen molar-refractivity contribution >= 4 is 21.7 Å². The Hall–Kier alpha value is -0.630. The van der Waals surface area contributed by atoms with Crippen LogP contribution >= 0.6 is 15.9 Å². The Balaban J connectivity index is 0.000001000. The lowest BCUT2D eigenvalue weighted by atomic mass is 10.2. The van der Waals surface area contributed by atoms with Gasteiger partial charge in [-0.3, -0.25) is 4.79 Å². The number of halogens is 1. The largest absolute Gasteiger partial charge is 0.295 e. The SMILES string of the molecule is C.CC(=O)c1ccc(Br)cc1. The molecule has 0 aliphatic rings. The molecule has 11 heavy (non-hydrogen) atoms. The van der Waals surface area contributed by atoms with E-state index in [9.17, 15) is 4.79 Å².